The van der Waals surface area contributed by atoms with E-state index < -0.39 is 0 Å². The molecule has 2 aromatic carbocycles. The summed E-state index contributed by atoms with van der Waals surface area (Å²) in [5, 5.41) is 1.92. The molecule has 3 rings (SSSR count). The number of hydrogen-bond acceptors (Lipinski definition) is 4. The number of nitrogens with one attached hydrogen (secondary N) is 1. The summed E-state index contributed by atoms with van der Waals surface area (Å²) >= 11 is 5.37. The lowest BCUT2D eigenvalue weighted by atomic mass is 10.1. The molecule has 0 unspecified atom stereocenters. The van der Waals surface area contributed by atoms with Crippen LogP contribution < -0.4 is 10.1 Å². The van der Waals surface area contributed by atoms with Crippen molar-refractivity contribution < 1.29 is 14.3 Å². The van der Waals surface area contributed by atoms with E-state index in [-0.39, 0.29) is 11.1 Å². The first kappa shape index (κ1) is 18.7. The van der Waals surface area contributed by atoms with Crippen molar-refractivity contribution in [2.24, 2.45) is 0 Å². The standard InChI is InChI=1S/C18H13I2NO3S/c1-10-3-2-4-11(5-10)9-24-16-13(19)6-12(7-14(16)20)8-15-17(22)21-18(23)25-15/h2-8H,9H2,1H3,(H,21,22,23)/b15-8-. The van der Waals surface area contributed by atoms with Crippen LogP contribution in [0.1, 0.15) is 16.7 Å². The molecule has 0 aromatic heterocycles. The second-order valence-electron chi connectivity index (χ2n) is 5.44. The molecule has 0 atom stereocenters. The number of thioether (sulfide) groups is 1. The molecule has 0 radical (unpaired) electrons. The topological polar surface area (TPSA) is 55.4 Å². The molecule has 1 aliphatic rings. The Morgan fingerprint density at radius 1 is 1.16 bits per heavy atom. The Morgan fingerprint density at radius 2 is 1.88 bits per heavy atom. The van der Waals surface area contributed by atoms with Crippen LogP contribution in [0.4, 0.5) is 4.79 Å². The molecule has 1 heterocycles. The fraction of sp³-hybridized carbons (Fsp3) is 0.111. The number of benzene rings is 2. The molecule has 1 saturated heterocycles. The zero-order chi connectivity index (χ0) is 18.0. The number of amides is 2. The number of carbonyl (C=O) groups is 2. The van der Waals surface area contributed by atoms with Crippen molar-refractivity contribution in [1.82, 2.24) is 5.32 Å². The lowest BCUT2D eigenvalue weighted by Gasteiger charge is -2.12. The molecule has 0 aliphatic carbocycles. The van der Waals surface area contributed by atoms with Gasteiger partial charge in [-0.3, -0.25) is 14.9 Å². The van der Waals surface area contributed by atoms with Gasteiger partial charge in [0.15, 0.2) is 0 Å². The number of hydrogen-bond donors (Lipinski definition) is 1. The SMILES string of the molecule is Cc1cccc(COc2c(I)cc(/C=C3\SC(=O)NC3=O)cc2I)c1. The molecule has 25 heavy (non-hydrogen) atoms. The van der Waals surface area contributed by atoms with Crippen LogP contribution in [-0.2, 0) is 11.4 Å². The number of aryl methyl sites for hydroxylation is 1. The van der Waals surface area contributed by atoms with E-state index in [1.807, 2.05) is 24.3 Å². The second kappa shape index (κ2) is 8.09. The summed E-state index contributed by atoms with van der Waals surface area (Å²) in [6, 6.07) is 12.1. The normalized spacial score (nSPS) is 15.6. The first-order chi connectivity index (χ1) is 11.9. The first-order valence-electron chi connectivity index (χ1n) is 7.34. The lowest BCUT2D eigenvalue weighted by Crippen LogP contribution is -2.17. The van der Waals surface area contributed by atoms with Crippen molar-refractivity contribution in [3.05, 3.63) is 65.1 Å². The Bertz CT molecular complexity index is 873. The van der Waals surface area contributed by atoms with Gasteiger partial charge in [0.05, 0.1) is 12.0 Å². The number of rotatable bonds is 4. The van der Waals surface area contributed by atoms with Crippen molar-refractivity contribution in [3.8, 4) is 5.75 Å². The Kier molecular flexibility index (Phi) is 6.05. The zero-order valence-corrected chi connectivity index (χ0v) is 18.3. The molecule has 2 amide bonds. The van der Waals surface area contributed by atoms with Crippen LogP contribution in [0.2, 0.25) is 0 Å². The number of ether oxygens (including phenoxy) is 1. The molecule has 7 heteroatoms. The van der Waals surface area contributed by atoms with Crippen LogP contribution >= 0.6 is 56.9 Å². The van der Waals surface area contributed by atoms with Gasteiger partial charge in [-0.05, 0) is 93.2 Å². The van der Waals surface area contributed by atoms with Gasteiger partial charge in [0, 0.05) is 0 Å². The van der Waals surface area contributed by atoms with Crippen LogP contribution in [0, 0.1) is 14.1 Å². The summed E-state index contributed by atoms with van der Waals surface area (Å²) in [5.74, 6) is 0.476. The van der Waals surface area contributed by atoms with Crippen LogP contribution in [-0.4, -0.2) is 11.1 Å². The third-order valence-electron chi connectivity index (χ3n) is 3.43. The second-order valence-corrected chi connectivity index (χ2v) is 8.78. The molecule has 2 aromatic rings. The van der Waals surface area contributed by atoms with Crippen LogP contribution in [0.25, 0.3) is 6.08 Å². The Hall–Kier alpha value is -1.07. The maximum absolute atomic E-state index is 11.7. The minimum absolute atomic E-state index is 0.334. The zero-order valence-electron chi connectivity index (χ0n) is 13.1. The van der Waals surface area contributed by atoms with Gasteiger partial charge in [0.1, 0.15) is 12.4 Å². The third kappa shape index (κ3) is 4.76. The van der Waals surface area contributed by atoms with Gasteiger partial charge in [0.25, 0.3) is 11.1 Å². The van der Waals surface area contributed by atoms with Gasteiger partial charge in [-0.15, -0.1) is 0 Å². The van der Waals surface area contributed by atoms with Gasteiger partial charge in [-0.2, -0.15) is 0 Å². The summed E-state index contributed by atoms with van der Waals surface area (Å²) in [6.07, 6.45) is 1.72. The summed E-state index contributed by atoms with van der Waals surface area (Å²) in [5.41, 5.74) is 3.19. The number of imide groups is 1. The predicted molar refractivity (Wildman–Crippen MR) is 116 cm³/mol. The van der Waals surface area contributed by atoms with Crippen LogP contribution in [0.3, 0.4) is 0 Å². The van der Waals surface area contributed by atoms with E-state index in [0.717, 1.165) is 35.8 Å². The van der Waals surface area contributed by atoms with E-state index in [1.165, 1.54) is 5.56 Å². The van der Waals surface area contributed by atoms with Crippen LogP contribution in [0.5, 0.6) is 5.75 Å². The minimum Gasteiger partial charge on any atom is -0.487 e. The Balaban J connectivity index is 1.80. The van der Waals surface area contributed by atoms with E-state index in [1.54, 1.807) is 6.08 Å². The van der Waals surface area contributed by atoms with Crippen LogP contribution in [0.15, 0.2) is 41.3 Å². The van der Waals surface area contributed by atoms with Gasteiger partial charge < -0.3 is 4.74 Å². The lowest BCUT2D eigenvalue weighted by molar-refractivity contribution is -0.115. The van der Waals surface area contributed by atoms with E-state index in [0.29, 0.717) is 11.5 Å². The molecule has 1 N–H and O–H groups in total. The largest absolute Gasteiger partial charge is 0.487 e. The van der Waals surface area contributed by atoms with Gasteiger partial charge in [0.2, 0.25) is 0 Å². The average Bonchev–Trinajstić information content (AvgIpc) is 2.84. The highest BCUT2D eigenvalue weighted by atomic mass is 127. The highest BCUT2D eigenvalue weighted by Crippen LogP contribution is 2.32. The van der Waals surface area contributed by atoms with E-state index in [2.05, 4.69) is 69.6 Å². The minimum atomic E-state index is -0.347. The molecule has 1 aliphatic heterocycles. The summed E-state index contributed by atoms with van der Waals surface area (Å²) < 4.78 is 7.91. The van der Waals surface area contributed by atoms with Crippen molar-refractivity contribution >= 4 is 74.2 Å². The average molecular weight is 577 g/mol. The third-order valence-corrected chi connectivity index (χ3v) is 5.84. The number of carbonyl (C=O) groups excluding carboxylic acids is 2. The summed E-state index contributed by atoms with van der Waals surface area (Å²) in [4.78, 5) is 23.3. The molecule has 1 fully saturated rings. The predicted octanol–water partition coefficient (Wildman–Crippen LogP) is 5.11. The molecule has 128 valence electrons. The first-order valence-corrected chi connectivity index (χ1v) is 10.3. The van der Waals surface area contributed by atoms with E-state index in [4.69, 9.17) is 4.74 Å². The van der Waals surface area contributed by atoms with Crippen molar-refractivity contribution in [1.29, 1.82) is 0 Å². The molecule has 0 spiro atoms. The Morgan fingerprint density at radius 3 is 2.48 bits per heavy atom. The molecular formula is C18H13I2NO3S. The molecule has 0 saturated carbocycles. The quantitative estimate of drug-likeness (QED) is 0.406. The summed E-state index contributed by atoms with van der Waals surface area (Å²) in [7, 11) is 0. The van der Waals surface area contributed by atoms with Gasteiger partial charge >= 0.3 is 0 Å². The maximum Gasteiger partial charge on any atom is 0.290 e. The summed E-state index contributed by atoms with van der Waals surface area (Å²) in [6.45, 7) is 2.56. The molecule has 4 nitrogen and oxygen atoms in total. The van der Waals surface area contributed by atoms with Gasteiger partial charge in [-0.25, -0.2) is 0 Å². The Labute approximate surface area is 177 Å². The van der Waals surface area contributed by atoms with Crippen molar-refractivity contribution in [2.75, 3.05) is 0 Å². The molecular weight excluding hydrogens is 564 g/mol. The highest BCUT2D eigenvalue weighted by Gasteiger charge is 2.25. The highest BCUT2D eigenvalue weighted by molar-refractivity contribution is 14.1. The number of halogens is 2. The smallest absolute Gasteiger partial charge is 0.290 e. The van der Waals surface area contributed by atoms with E-state index >= 15 is 0 Å². The molecule has 0 bridgehead atoms. The van der Waals surface area contributed by atoms with Crippen molar-refractivity contribution in [3.63, 3.8) is 0 Å². The van der Waals surface area contributed by atoms with Gasteiger partial charge in [-0.1, -0.05) is 29.8 Å². The van der Waals surface area contributed by atoms with Crippen molar-refractivity contribution in [2.45, 2.75) is 13.5 Å². The fourth-order valence-corrected chi connectivity index (χ4v) is 5.14. The fourth-order valence-electron chi connectivity index (χ4n) is 2.33. The van der Waals surface area contributed by atoms with E-state index in [9.17, 15) is 9.59 Å². The maximum atomic E-state index is 11.7. The monoisotopic (exact) mass is 577 g/mol.